The molecule has 3 heteroatoms. The number of ketones is 1. The van der Waals surface area contributed by atoms with Crippen LogP contribution in [0, 0.1) is 10.8 Å². The minimum Gasteiger partial charge on any atom is -0.347 e. The molecule has 0 N–H and O–H groups in total. The Balaban J connectivity index is 2.36. The monoisotopic (exact) mass is 240 g/mol. The van der Waals surface area contributed by atoms with Gasteiger partial charge < -0.3 is 9.47 Å². The molecule has 2 aliphatic rings. The Morgan fingerprint density at radius 3 is 2.06 bits per heavy atom. The van der Waals surface area contributed by atoms with E-state index in [0.717, 1.165) is 12.8 Å². The zero-order chi connectivity index (χ0) is 13.1. The van der Waals surface area contributed by atoms with Gasteiger partial charge in [-0.3, -0.25) is 4.79 Å². The molecule has 17 heavy (non-hydrogen) atoms. The maximum Gasteiger partial charge on any atom is 0.163 e. The molecule has 0 aromatic heterocycles. The van der Waals surface area contributed by atoms with Gasteiger partial charge in [0.1, 0.15) is 11.4 Å². The van der Waals surface area contributed by atoms with Gasteiger partial charge in [-0.15, -0.1) is 0 Å². The number of hydrogen-bond donors (Lipinski definition) is 0. The lowest BCUT2D eigenvalue weighted by Gasteiger charge is -2.50. The molecule has 3 nitrogen and oxygen atoms in total. The normalized spacial score (nSPS) is 38.6. The van der Waals surface area contributed by atoms with Gasteiger partial charge in [-0.2, -0.15) is 0 Å². The van der Waals surface area contributed by atoms with E-state index in [4.69, 9.17) is 9.47 Å². The van der Waals surface area contributed by atoms with Crippen LogP contribution in [0.4, 0.5) is 0 Å². The highest BCUT2D eigenvalue weighted by atomic mass is 16.8. The Morgan fingerprint density at radius 1 is 1.00 bits per heavy atom. The first-order chi connectivity index (χ1) is 7.53. The molecule has 1 spiro atoms. The predicted molar refractivity (Wildman–Crippen MR) is 65.7 cm³/mol. The SMILES string of the molecule is CC1(C)OC[C@@]2(CCC(C)(C)C(=O)C2(C)C)O1. The largest absolute Gasteiger partial charge is 0.347 e. The minimum atomic E-state index is -0.570. The van der Waals surface area contributed by atoms with Crippen molar-refractivity contribution in [1.29, 1.82) is 0 Å². The van der Waals surface area contributed by atoms with Crippen LogP contribution in [0.1, 0.15) is 54.4 Å². The number of hydrogen-bond acceptors (Lipinski definition) is 3. The van der Waals surface area contributed by atoms with Crippen LogP contribution in [0.25, 0.3) is 0 Å². The van der Waals surface area contributed by atoms with Gasteiger partial charge in [-0.05, 0) is 26.7 Å². The number of rotatable bonds is 0. The molecule has 1 atom stereocenters. The Labute approximate surface area is 104 Å². The Morgan fingerprint density at radius 2 is 1.59 bits per heavy atom. The maximum absolute atomic E-state index is 12.6. The van der Waals surface area contributed by atoms with Crippen molar-refractivity contribution in [2.24, 2.45) is 10.8 Å². The molecule has 1 aliphatic heterocycles. The molecule has 1 saturated heterocycles. The van der Waals surface area contributed by atoms with Crippen molar-refractivity contribution in [2.45, 2.75) is 65.8 Å². The van der Waals surface area contributed by atoms with Crippen molar-refractivity contribution in [3.8, 4) is 0 Å². The molecule has 2 rings (SSSR count). The van der Waals surface area contributed by atoms with E-state index in [9.17, 15) is 4.79 Å². The average Bonchev–Trinajstić information content (AvgIpc) is 2.50. The van der Waals surface area contributed by atoms with Gasteiger partial charge in [0.25, 0.3) is 0 Å². The van der Waals surface area contributed by atoms with E-state index in [0.29, 0.717) is 6.61 Å². The second-order valence-corrected chi connectivity index (χ2v) is 7.12. The van der Waals surface area contributed by atoms with Gasteiger partial charge in [0.05, 0.1) is 12.0 Å². The van der Waals surface area contributed by atoms with Crippen LogP contribution in [0.15, 0.2) is 0 Å². The predicted octanol–water partition coefficient (Wildman–Crippen LogP) is 2.92. The zero-order valence-electron chi connectivity index (χ0n) is 11.8. The van der Waals surface area contributed by atoms with Crippen molar-refractivity contribution in [2.75, 3.05) is 6.61 Å². The van der Waals surface area contributed by atoms with Crippen molar-refractivity contribution < 1.29 is 14.3 Å². The highest BCUT2D eigenvalue weighted by molar-refractivity contribution is 5.91. The molecule has 0 bridgehead atoms. The van der Waals surface area contributed by atoms with Crippen LogP contribution in [0.5, 0.6) is 0 Å². The van der Waals surface area contributed by atoms with Crippen molar-refractivity contribution in [3.63, 3.8) is 0 Å². The van der Waals surface area contributed by atoms with Crippen LogP contribution in [0.3, 0.4) is 0 Å². The second kappa shape index (κ2) is 3.33. The van der Waals surface area contributed by atoms with Gasteiger partial charge in [-0.1, -0.05) is 27.7 Å². The maximum atomic E-state index is 12.6. The third-order valence-electron chi connectivity index (χ3n) is 4.57. The summed E-state index contributed by atoms with van der Waals surface area (Å²) in [4.78, 5) is 12.6. The molecular weight excluding hydrogens is 216 g/mol. The highest BCUT2D eigenvalue weighted by Gasteiger charge is 2.62. The van der Waals surface area contributed by atoms with Gasteiger partial charge in [-0.25, -0.2) is 0 Å². The summed E-state index contributed by atoms with van der Waals surface area (Å²) in [6.07, 6.45) is 1.76. The van der Waals surface area contributed by atoms with E-state index in [2.05, 4.69) is 0 Å². The Hall–Kier alpha value is -0.410. The highest BCUT2D eigenvalue weighted by Crippen LogP contribution is 2.54. The van der Waals surface area contributed by atoms with Gasteiger partial charge in [0, 0.05) is 5.41 Å². The van der Waals surface area contributed by atoms with E-state index in [-0.39, 0.29) is 11.2 Å². The third-order valence-corrected chi connectivity index (χ3v) is 4.57. The van der Waals surface area contributed by atoms with Gasteiger partial charge in [0.15, 0.2) is 5.79 Å². The zero-order valence-corrected chi connectivity index (χ0v) is 11.8. The summed E-state index contributed by atoms with van der Waals surface area (Å²) in [6, 6.07) is 0. The second-order valence-electron chi connectivity index (χ2n) is 7.12. The van der Waals surface area contributed by atoms with Crippen molar-refractivity contribution in [3.05, 3.63) is 0 Å². The number of carbonyl (C=O) groups is 1. The number of Topliss-reactive ketones (excluding diaryl/α,β-unsaturated/α-hetero) is 1. The lowest BCUT2D eigenvalue weighted by Crippen LogP contribution is -2.59. The lowest BCUT2D eigenvalue weighted by molar-refractivity contribution is -0.203. The fourth-order valence-electron chi connectivity index (χ4n) is 3.24. The standard InChI is InChI=1S/C14H24O3/c1-11(2)7-8-14(12(3,4)10(11)15)9-16-13(5,6)17-14/h7-9H2,1-6H3/t14-/m1/s1. The van der Waals surface area contributed by atoms with Crippen LogP contribution in [-0.2, 0) is 14.3 Å². The fraction of sp³-hybridized carbons (Fsp3) is 0.929. The summed E-state index contributed by atoms with van der Waals surface area (Å²) in [7, 11) is 0. The molecule has 1 aliphatic carbocycles. The van der Waals surface area contributed by atoms with E-state index in [1.807, 2.05) is 41.5 Å². The van der Waals surface area contributed by atoms with Crippen molar-refractivity contribution >= 4 is 5.78 Å². The Bertz CT molecular complexity index is 354. The van der Waals surface area contributed by atoms with Crippen LogP contribution in [0.2, 0.25) is 0 Å². The quantitative estimate of drug-likeness (QED) is 0.653. The summed E-state index contributed by atoms with van der Waals surface area (Å²) in [6.45, 7) is 12.4. The van der Waals surface area contributed by atoms with E-state index in [1.165, 1.54) is 0 Å². The number of carbonyl (C=O) groups excluding carboxylic acids is 1. The first kappa shape index (κ1) is 13.0. The molecule has 0 aromatic carbocycles. The van der Waals surface area contributed by atoms with Crippen LogP contribution in [-0.4, -0.2) is 23.8 Å². The molecule has 0 amide bonds. The van der Waals surface area contributed by atoms with E-state index in [1.54, 1.807) is 0 Å². The first-order valence-corrected chi connectivity index (χ1v) is 6.42. The van der Waals surface area contributed by atoms with Crippen LogP contribution >= 0.6 is 0 Å². The summed E-state index contributed by atoms with van der Waals surface area (Å²) in [5, 5.41) is 0. The van der Waals surface area contributed by atoms with E-state index < -0.39 is 16.8 Å². The topological polar surface area (TPSA) is 35.5 Å². The first-order valence-electron chi connectivity index (χ1n) is 6.42. The lowest BCUT2D eigenvalue weighted by atomic mass is 9.57. The molecular formula is C14H24O3. The summed E-state index contributed by atoms with van der Waals surface area (Å²) >= 11 is 0. The van der Waals surface area contributed by atoms with Crippen LogP contribution < -0.4 is 0 Å². The molecule has 1 saturated carbocycles. The molecule has 0 unspecified atom stereocenters. The van der Waals surface area contributed by atoms with E-state index >= 15 is 0 Å². The summed E-state index contributed by atoms with van der Waals surface area (Å²) in [5.41, 5.74) is -1.17. The minimum absolute atomic E-state index is 0.245. The van der Waals surface area contributed by atoms with Crippen molar-refractivity contribution in [1.82, 2.24) is 0 Å². The molecule has 0 radical (unpaired) electrons. The Kier molecular flexibility index (Phi) is 2.55. The van der Waals surface area contributed by atoms with Gasteiger partial charge in [0.2, 0.25) is 0 Å². The smallest absolute Gasteiger partial charge is 0.163 e. The molecule has 98 valence electrons. The molecule has 0 aromatic rings. The van der Waals surface area contributed by atoms with Gasteiger partial charge >= 0.3 is 0 Å². The molecule has 1 heterocycles. The summed E-state index contributed by atoms with van der Waals surface area (Å²) < 4.78 is 11.8. The average molecular weight is 240 g/mol. The number of ether oxygens (including phenoxy) is 2. The molecule has 2 fully saturated rings. The fourth-order valence-corrected chi connectivity index (χ4v) is 3.24. The summed E-state index contributed by atoms with van der Waals surface area (Å²) in [5.74, 6) is -0.281. The third kappa shape index (κ3) is 1.75.